The molecule has 0 aromatic heterocycles. The quantitative estimate of drug-likeness (QED) is 0.601. The van der Waals surface area contributed by atoms with E-state index in [9.17, 15) is 8.78 Å². The third kappa shape index (κ3) is 5.47. The van der Waals surface area contributed by atoms with Crippen LogP contribution < -0.4 is 10.6 Å². The van der Waals surface area contributed by atoms with Gasteiger partial charge in [0.15, 0.2) is 0 Å². The maximum atomic E-state index is 11.6. The van der Waals surface area contributed by atoms with Crippen LogP contribution in [0.25, 0.3) is 0 Å². The van der Waals surface area contributed by atoms with Crippen molar-refractivity contribution < 1.29 is 13.5 Å². The lowest BCUT2D eigenvalue weighted by Crippen LogP contribution is -2.35. The van der Waals surface area contributed by atoms with Crippen molar-refractivity contribution in [2.75, 3.05) is 32.8 Å². The highest BCUT2D eigenvalue weighted by Gasteiger charge is 2.12. The highest BCUT2D eigenvalue weighted by atomic mass is 19.3. The maximum Gasteiger partial charge on any atom is 0.261 e. The second-order valence-electron chi connectivity index (χ2n) is 3.46. The average Bonchev–Trinajstić information content (AvgIpc) is 2.63. The standard InChI is InChI=1S/C9H18F2N2O/c10-9(11)7-14-5-4-12-6-8-2-1-3-13-8/h8-9,12-13H,1-7H2. The molecule has 1 heterocycles. The Labute approximate surface area is 83.2 Å². The van der Waals surface area contributed by atoms with Crippen molar-refractivity contribution in [1.29, 1.82) is 0 Å². The fourth-order valence-electron chi connectivity index (χ4n) is 1.52. The first kappa shape index (κ1) is 11.8. The molecule has 3 nitrogen and oxygen atoms in total. The van der Waals surface area contributed by atoms with E-state index in [0.29, 0.717) is 19.2 Å². The Morgan fingerprint density at radius 3 is 3.00 bits per heavy atom. The van der Waals surface area contributed by atoms with E-state index in [2.05, 4.69) is 10.6 Å². The molecule has 1 saturated heterocycles. The average molecular weight is 208 g/mol. The molecule has 5 heteroatoms. The molecule has 1 fully saturated rings. The molecule has 0 aliphatic carbocycles. The summed E-state index contributed by atoms with van der Waals surface area (Å²) in [6.07, 6.45) is 0.0746. The predicted molar refractivity (Wildman–Crippen MR) is 50.7 cm³/mol. The number of hydrogen-bond donors (Lipinski definition) is 2. The zero-order valence-corrected chi connectivity index (χ0v) is 8.27. The molecule has 2 N–H and O–H groups in total. The minimum atomic E-state index is -2.36. The second kappa shape index (κ2) is 7.09. The number of nitrogens with one attached hydrogen (secondary N) is 2. The molecule has 1 aliphatic rings. The monoisotopic (exact) mass is 208 g/mol. The second-order valence-corrected chi connectivity index (χ2v) is 3.46. The van der Waals surface area contributed by atoms with Crippen molar-refractivity contribution in [3.05, 3.63) is 0 Å². The zero-order valence-electron chi connectivity index (χ0n) is 8.27. The van der Waals surface area contributed by atoms with Crippen LogP contribution in [-0.4, -0.2) is 45.3 Å². The van der Waals surface area contributed by atoms with Crippen LogP contribution in [0.3, 0.4) is 0 Å². The first-order valence-electron chi connectivity index (χ1n) is 5.09. The fraction of sp³-hybridized carbons (Fsp3) is 1.00. The minimum Gasteiger partial charge on any atom is -0.374 e. The van der Waals surface area contributed by atoms with E-state index in [4.69, 9.17) is 4.74 Å². The Morgan fingerprint density at radius 1 is 1.50 bits per heavy atom. The third-order valence-corrected chi connectivity index (χ3v) is 2.22. The molecule has 0 amide bonds. The molecule has 1 rings (SSSR count). The zero-order chi connectivity index (χ0) is 10.2. The van der Waals surface area contributed by atoms with Crippen LogP contribution in [0.5, 0.6) is 0 Å². The van der Waals surface area contributed by atoms with Gasteiger partial charge in [0.1, 0.15) is 6.61 Å². The maximum absolute atomic E-state index is 11.6. The van der Waals surface area contributed by atoms with E-state index in [1.807, 2.05) is 0 Å². The van der Waals surface area contributed by atoms with Crippen molar-refractivity contribution in [3.8, 4) is 0 Å². The molecule has 84 valence electrons. The van der Waals surface area contributed by atoms with Gasteiger partial charge >= 0.3 is 0 Å². The van der Waals surface area contributed by atoms with Gasteiger partial charge in [-0.3, -0.25) is 0 Å². The Morgan fingerprint density at radius 2 is 2.36 bits per heavy atom. The number of hydrogen-bond acceptors (Lipinski definition) is 3. The Balaban J connectivity index is 1.79. The van der Waals surface area contributed by atoms with Gasteiger partial charge in [0.25, 0.3) is 6.43 Å². The molecule has 1 aliphatic heterocycles. The first-order chi connectivity index (χ1) is 6.79. The van der Waals surface area contributed by atoms with Crippen LogP contribution in [0.1, 0.15) is 12.8 Å². The smallest absolute Gasteiger partial charge is 0.261 e. The lowest BCUT2D eigenvalue weighted by Gasteiger charge is -2.11. The summed E-state index contributed by atoms with van der Waals surface area (Å²) in [5.74, 6) is 0. The fourth-order valence-corrected chi connectivity index (χ4v) is 1.52. The van der Waals surface area contributed by atoms with Gasteiger partial charge in [0.05, 0.1) is 6.61 Å². The van der Waals surface area contributed by atoms with E-state index < -0.39 is 13.0 Å². The van der Waals surface area contributed by atoms with Gasteiger partial charge in [-0.15, -0.1) is 0 Å². The predicted octanol–water partition coefficient (Wildman–Crippen LogP) is 0.610. The van der Waals surface area contributed by atoms with Crippen LogP contribution >= 0.6 is 0 Å². The molecule has 14 heavy (non-hydrogen) atoms. The van der Waals surface area contributed by atoms with Gasteiger partial charge in [0, 0.05) is 19.1 Å². The van der Waals surface area contributed by atoms with Gasteiger partial charge in [-0.25, -0.2) is 8.78 Å². The molecule has 1 atom stereocenters. The van der Waals surface area contributed by atoms with E-state index in [-0.39, 0.29) is 0 Å². The Bertz CT molecular complexity index is 141. The van der Waals surface area contributed by atoms with Gasteiger partial charge in [-0.05, 0) is 19.4 Å². The molecule has 0 bridgehead atoms. The summed E-state index contributed by atoms with van der Waals surface area (Å²) in [5, 5.41) is 6.51. The van der Waals surface area contributed by atoms with Crippen molar-refractivity contribution in [3.63, 3.8) is 0 Å². The SMILES string of the molecule is FC(F)COCCNCC1CCCN1. The van der Waals surface area contributed by atoms with Gasteiger partial charge < -0.3 is 15.4 Å². The highest BCUT2D eigenvalue weighted by molar-refractivity contribution is 4.75. The van der Waals surface area contributed by atoms with Crippen molar-refractivity contribution in [2.24, 2.45) is 0 Å². The van der Waals surface area contributed by atoms with E-state index in [1.54, 1.807) is 0 Å². The molecule has 0 aromatic carbocycles. The lowest BCUT2D eigenvalue weighted by molar-refractivity contribution is 0.0187. The van der Waals surface area contributed by atoms with Gasteiger partial charge in [-0.1, -0.05) is 0 Å². The van der Waals surface area contributed by atoms with Crippen LogP contribution in [0.2, 0.25) is 0 Å². The highest BCUT2D eigenvalue weighted by Crippen LogP contribution is 2.02. The summed E-state index contributed by atoms with van der Waals surface area (Å²) in [5.41, 5.74) is 0. The van der Waals surface area contributed by atoms with Crippen LogP contribution in [0.4, 0.5) is 8.78 Å². The van der Waals surface area contributed by atoms with Crippen LogP contribution in [0.15, 0.2) is 0 Å². The molecular formula is C9H18F2N2O. The molecular weight excluding hydrogens is 190 g/mol. The van der Waals surface area contributed by atoms with E-state index >= 15 is 0 Å². The topological polar surface area (TPSA) is 33.3 Å². The number of rotatable bonds is 7. The van der Waals surface area contributed by atoms with Crippen LogP contribution in [-0.2, 0) is 4.74 Å². The van der Waals surface area contributed by atoms with Crippen molar-refractivity contribution in [1.82, 2.24) is 10.6 Å². The minimum absolute atomic E-state index is 0.358. The molecule has 0 spiro atoms. The van der Waals surface area contributed by atoms with Gasteiger partial charge in [-0.2, -0.15) is 0 Å². The van der Waals surface area contributed by atoms with Crippen molar-refractivity contribution in [2.45, 2.75) is 25.3 Å². The summed E-state index contributed by atoms with van der Waals surface area (Å²) in [6.45, 7) is 2.54. The van der Waals surface area contributed by atoms with Crippen LogP contribution in [0, 0.1) is 0 Å². The normalized spacial score (nSPS) is 22.1. The number of alkyl halides is 2. The summed E-state index contributed by atoms with van der Waals surface area (Å²) in [7, 11) is 0. The molecule has 0 saturated carbocycles. The van der Waals surface area contributed by atoms with Crippen molar-refractivity contribution >= 4 is 0 Å². The largest absolute Gasteiger partial charge is 0.374 e. The Kier molecular flexibility index (Phi) is 5.98. The molecule has 1 unspecified atom stereocenters. The lowest BCUT2D eigenvalue weighted by atomic mass is 10.2. The third-order valence-electron chi connectivity index (χ3n) is 2.22. The Hall–Kier alpha value is -0.260. The molecule has 0 aromatic rings. The summed E-state index contributed by atoms with van der Waals surface area (Å²) < 4.78 is 28.0. The van der Waals surface area contributed by atoms with Gasteiger partial charge in [0.2, 0.25) is 0 Å². The first-order valence-corrected chi connectivity index (χ1v) is 5.09. The summed E-state index contributed by atoms with van der Waals surface area (Å²) in [6, 6.07) is 0.546. The van der Waals surface area contributed by atoms with E-state index in [0.717, 1.165) is 13.1 Å². The van der Waals surface area contributed by atoms with E-state index in [1.165, 1.54) is 12.8 Å². The summed E-state index contributed by atoms with van der Waals surface area (Å²) in [4.78, 5) is 0. The molecule has 0 radical (unpaired) electrons. The number of ether oxygens (including phenoxy) is 1. The summed E-state index contributed by atoms with van der Waals surface area (Å²) >= 11 is 0. The number of halogens is 2.